The van der Waals surface area contributed by atoms with E-state index >= 15 is 0 Å². The van der Waals surface area contributed by atoms with Crippen molar-refractivity contribution in [2.75, 3.05) is 4.62 Å². The quantitative estimate of drug-likeness (QED) is 0.313. The molecule has 0 unspecified atom stereocenters. The Bertz CT molecular complexity index is 377. The molecule has 1 rings (SSSR count). The average Bonchev–Trinajstić information content (AvgIpc) is 2.57. The van der Waals surface area contributed by atoms with Gasteiger partial charge in [-0.15, -0.1) is 0 Å². The molecule has 0 saturated carbocycles. The summed E-state index contributed by atoms with van der Waals surface area (Å²) in [5.41, 5.74) is 2.66. The maximum atomic E-state index is 6.31. The predicted octanol–water partition coefficient (Wildman–Crippen LogP) is 6.90. The molecule has 1 aromatic rings. The molecule has 23 heavy (non-hydrogen) atoms. The van der Waals surface area contributed by atoms with Crippen molar-refractivity contribution in [2.24, 2.45) is 0 Å². The van der Waals surface area contributed by atoms with E-state index in [1.807, 2.05) is 0 Å². The van der Waals surface area contributed by atoms with Gasteiger partial charge in [0.15, 0.2) is 0 Å². The molecule has 0 aromatic heterocycles. The van der Waals surface area contributed by atoms with Gasteiger partial charge in [0.1, 0.15) is 0 Å². The molecule has 0 aliphatic carbocycles. The summed E-state index contributed by atoms with van der Waals surface area (Å²) < 4.78 is 12.1. The van der Waals surface area contributed by atoms with E-state index in [0.717, 1.165) is 11.2 Å². The molecule has 0 radical (unpaired) electrons. The molecule has 0 aliphatic heterocycles. The molecule has 0 spiro atoms. The number of hydrogen-bond donors (Lipinski definition) is 0. The van der Waals surface area contributed by atoms with Gasteiger partial charge in [0.05, 0.1) is 0 Å². The molecule has 1 nitrogen and oxygen atoms in total. The molecule has 0 bridgehead atoms. The normalized spacial score (nSPS) is 11.8. The van der Waals surface area contributed by atoms with Crippen LogP contribution in [0.1, 0.15) is 70.4 Å². The zero-order valence-electron chi connectivity index (χ0n) is 16.0. The minimum atomic E-state index is -2.09. The molecule has 2 heteroatoms. The fraction of sp³-hybridized carbons (Fsp3) is 0.714. The van der Waals surface area contributed by atoms with Crippen molar-refractivity contribution < 1.29 is 4.74 Å². The van der Waals surface area contributed by atoms with Crippen LogP contribution in [0.15, 0.2) is 24.3 Å². The van der Waals surface area contributed by atoms with Crippen LogP contribution in [-0.2, 0) is 11.3 Å². The first kappa shape index (κ1) is 21.0. The average molecular weight is 425 g/mol. The molecule has 132 valence electrons. The number of unbranched alkanes of at least 4 members (excludes halogenated alkanes) is 3. The van der Waals surface area contributed by atoms with Gasteiger partial charge in [-0.1, -0.05) is 0 Å². The first-order valence-corrected chi connectivity index (χ1v) is 17.9. The summed E-state index contributed by atoms with van der Waals surface area (Å²) in [7, 11) is 0. The van der Waals surface area contributed by atoms with Crippen LogP contribution in [0.2, 0.25) is 13.3 Å². The Balaban J connectivity index is 2.61. The summed E-state index contributed by atoms with van der Waals surface area (Å²) in [5.74, 6) is 0. The molecule has 0 amide bonds. The van der Waals surface area contributed by atoms with Gasteiger partial charge in [0, 0.05) is 0 Å². The molecular weight excluding hydrogens is 387 g/mol. The summed E-state index contributed by atoms with van der Waals surface area (Å²) in [6.07, 6.45) is 8.31. The first-order chi connectivity index (χ1) is 11.2. The van der Waals surface area contributed by atoms with Crippen molar-refractivity contribution in [1.29, 1.82) is 0 Å². The van der Waals surface area contributed by atoms with Crippen molar-refractivity contribution in [3.8, 4) is 0 Å². The SMILES string of the molecule is CCC[CH2][Sn]([CH2]CCC)([CH2]CCC)[CH2]OCc1ccc(C)cc1. The zero-order chi connectivity index (χ0) is 17.0. The van der Waals surface area contributed by atoms with Gasteiger partial charge >= 0.3 is 149 Å². The van der Waals surface area contributed by atoms with E-state index in [4.69, 9.17) is 4.74 Å². The fourth-order valence-corrected chi connectivity index (χ4v) is 17.7. The third kappa shape index (κ3) is 8.58. The molecule has 1 aromatic carbocycles. The van der Waals surface area contributed by atoms with Gasteiger partial charge in [-0.3, -0.25) is 0 Å². The van der Waals surface area contributed by atoms with Crippen molar-refractivity contribution in [1.82, 2.24) is 0 Å². The Morgan fingerprint density at radius 1 is 0.783 bits per heavy atom. The van der Waals surface area contributed by atoms with Crippen LogP contribution in [0, 0.1) is 6.92 Å². The Hall–Kier alpha value is -0.0213. The van der Waals surface area contributed by atoms with E-state index in [2.05, 4.69) is 52.0 Å². The van der Waals surface area contributed by atoms with E-state index in [9.17, 15) is 0 Å². The summed E-state index contributed by atoms with van der Waals surface area (Å²) in [6, 6.07) is 8.83. The summed E-state index contributed by atoms with van der Waals surface area (Å²) in [5, 5.41) is 0. The fourth-order valence-electron chi connectivity index (χ4n) is 3.32. The second-order valence-electron chi connectivity index (χ2n) is 7.29. The second-order valence-corrected chi connectivity index (χ2v) is 21.0. The zero-order valence-corrected chi connectivity index (χ0v) is 18.8. The first-order valence-electron chi connectivity index (χ1n) is 9.79. The monoisotopic (exact) mass is 426 g/mol. The van der Waals surface area contributed by atoms with Crippen LogP contribution < -0.4 is 0 Å². The molecular formula is C21H38OSn. The molecule has 0 fully saturated rings. The maximum absolute atomic E-state index is 6.31. The van der Waals surface area contributed by atoms with Crippen LogP contribution in [0.3, 0.4) is 0 Å². The van der Waals surface area contributed by atoms with Crippen LogP contribution in [0.25, 0.3) is 0 Å². The standard InChI is InChI=1S/C9H11O.3C4H9.Sn/c1-8-3-5-9(6-4-8)7-10-2;3*1-3-4-2;/h3-6H,2,7H2,1H3;3*1,3-4H2,2H3;. The van der Waals surface area contributed by atoms with Gasteiger partial charge < -0.3 is 0 Å². The Kier molecular flexibility index (Phi) is 11.3. The van der Waals surface area contributed by atoms with Gasteiger partial charge in [-0.2, -0.15) is 0 Å². The van der Waals surface area contributed by atoms with E-state index in [1.165, 1.54) is 49.7 Å². The third-order valence-corrected chi connectivity index (χ3v) is 19.4. The topological polar surface area (TPSA) is 9.23 Å². The minimum absolute atomic E-state index is 0.809. The number of ether oxygens (including phenoxy) is 1. The van der Waals surface area contributed by atoms with E-state index in [1.54, 1.807) is 13.3 Å². The van der Waals surface area contributed by atoms with Gasteiger partial charge in [-0.05, 0) is 0 Å². The van der Waals surface area contributed by atoms with Gasteiger partial charge in [0.2, 0.25) is 0 Å². The summed E-state index contributed by atoms with van der Waals surface area (Å²) in [6.45, 7) is 9.96. The van der Waals surface area contributed by atoms with Crippen LogP contribution in [0.5, 0.6) is 0 Å². The second kappa shape index (κ2) is 12.4. The third-order valence-electron chi connectivity index (χ3n) is 4.98. The number of hydrogen-bond acceptors (Lipinski definition) is 1. The molecule has 0 atom stereocenters. The van der Waals surface area contributed by atoms with E-state index < -0.39 is 18.4 Å². The molecule has 0 saturated heterocycles. The molecule has 0 heterocycles. The van der Waals surface area contributed by atoms with Crippen molar-refractivity contribution in [3.63, 3.8) is 0 Å². The summed E-state index contributed by atoms with van der Waals surface area (Å²) in [4.78, 5) is 0. The molecule has 0 aliphatic rings. The van der Waals surface area contributed by atoms with Crippen molar-refractivity contribution in [2.45, 2.75) is 86.1 Å². The van der Waals surface area contributed by atoms with E-state index in [0.29, 0.717) is 0 Å². The number of aryl methyl sites for hydroxylation is 1. The Morgan fingerprint density at radius 2 is 1.26 bits per heavy atom. The Morgan fingerprint density at radius 3 is 1.70 bits per heavy atom. The van der Waals surface area contributed by atoms with Gasteiger partial charge in [-0.25, -0.2) is 0 Å². The number of rotatable bonds is 13. The number of benzene rings is 1. The van der Waals surface area contributed by atoms with Crippen molar-refractivity contribution >= 4 is 18.4 Å². The van der Waals surface area contributed by atoms with Crippen molar-refractivity contribution in [3.05, 3.63) is 35.4 Å². The van der Waals surface area contributed by atoms with Crippen LogP contribution in [-0.4, -0.2) is 23.0 Å². The Labute approximate surface area is 149 Å². The molecule has 0 N–H and O–H groups in total. The van der Waals surface area contributed by atoms with E-state index in [-0.39, 0.29) is 0 Å². The van der Waals surface area contributed by atoms with Crippen LogP contribution >= 0.6 is 0 Å². The van der Waals surface area contributed by atoms with Gasteiger partial charge in [0.25, 0.3) is 0 Å². The predicted molar refractivity (Wildman–Crippen MR) is 106 cm³/mol. The summed E-state index contributed by atoms with van der Waals surface area (Å²) >= 11 is -2.09. The van der Waals surface area contributed by atoms with Crippen LogP contribution in [0.4, 0.5) is 0 Å².